The van der Waals surface area contributed by atoms with E-state index in [0.29, 0.717) is 5.95 Å². The van der Waals surface area contributed by atoms with Crippen LogP contribution in [0.4, 0.5) is 11.8 Å². The van der Waals surface area contributed by atoms with Crippen LogP contribution in [0.5, 0.6) is 5.75 Å². The average Bonchev–Trinajstić information content (AvgIpc) is 2.67. The smallest absolute Gasteiger partial charge is 0.224 e. The van der Waals surface area contributed by atoms with Crippen molar-refractivity contribution in [2.75, 3.05) is 24.3 Å². The Kier molecular flexibility index (Phi) is 6.26. The summed E-state index contributed by atoms with van der Waals surface area (Å²) in [6.07, 6.45) is 0.875. The van der Waals surface area contributed by atoms with E-state index in [0.717, 1.165) is 36.8 Å². The molecule has 0 amide bonds. The summed E-state index contributed by atoms with van der Waals surface area (Å²) in [5, 5.41) is 6.72. The Hall–Kier alpha value is -3.08. The van der Waals surface area contributed by atoms with Gasteiger partial charge >= 0.3 is 0 Å². The highest BCUT2D eigenvalue weighted by Gasteiger charge is 2.04. The van der Waals surface area contributed by atoms with E-state index >= 15 is 0 Å². The summed E-state index contributed by atoms with van der Waals surface area (Å²) in [5.41, 5.74) is 4.68. The first-order valence-electron chi connectivity index (χ1n) is 9.15. The number of aryl methyl sites for hydroxylation is 2. The van der Waals surface area contributed by atoms with E-state index in [4.69, 9.17) is 4.74 Å². The van der Waals surface area contributed by atoms with Gasteiger partial charge in [0.25, 0.3) is 0 Å². The fraction of sp³-hybridized carbons (Fsp3) is 0.273. The van der Waals surface area contributed by atoms with Gasteiger partial charge in [-0.2, -0.15) is 4.98 Å². The van der Waals surface area contributed by atoms with E-state index in [2.05, 4.69) is 57.9 Å². The van der Waals surface area contributed by atoms with E-state index in [1.54, 1.807) is 7.11 Å². The summed E-state index contributed by atoms with van der Waals surface area (Å²) < 4.78 is 5.27. The van der Waals surface area contributed by atoms with Gasteiger partial charge in [0, 0.05) is 24.8 Å². The van der Waals surface area contributed by atoms with E-state index in [1.807, 2.05) is 31.2 Å². The fourth-order valence-electron chi connectivity index (χ4n) is 2.88. The maximum atomic E-state index is 5.27. The summed E-state index contributed by atoms with van der Waals surface area (Å²) in [7, 11) is 1.68. The maximum absolute atomic E-state index is 5.27. The highest BCUT2D eigenvalue weighted by Crippen LogP contribution is 2.15. The lowest BCUT2D eigenvalue weighted by Gasteiger charge is -2.11. The lowest BCUT2D eigenvalue weighted by atomic mass is 10.1. The Bertz CT molecular complexity index is 895. The number of nitrogens with zero attached hydrogens (tertiary/aromatic N) is 2. The minimum atomic E-state index is 0.644. The minimum absolute atomic E-state index is 0.644. The lowest BCUT2D eigenvalue weighted by Crippen LogP contribution is -2.11. The molecule has 3 rings (SSSR count). The molecule has 27 heavy (non-hydrogen) atoms. The Morgan fingerprint density at radius 3 is 2.59 bits per heavy atom. The van der Waals surface area contributed by atoms with Crippen molar-refractivity contribution < 1.29 is 4.74 Å². The van der Waals surface area contributed by atoms with Crippen molar-refractivity contribution in [2.45, 2.75) is 26.8 Å². The molecule has 0 radical (unpaired) electrons. The fourth-order valence-corrected chi connectivity index (χ4v) is 2.88. The summed E-state index contributed by atoms with van der Waals surface area (Å²) in [6.45, 7) is 5.60. The van der Waals surface area contributed by atoms with Gasteiger partial charge in [-0.1, -0.05) is 36.4 Å². The van der Waals surface area contributed by atoms with E-state index in [9.17, 15) is 0 Å². The van der Waals surface area contributed by atoms with Crippen molar-refractivity contribution >= 4 is 11.8 Å². The van der Waals surface area contributed by atoms with Gasteiger partial charge in [-0.25, -0.2) is 4.98 Å². The summed E-state index contributed by atoms with van der Waals surface area (Å²) >= 11 is 0. The second-order valence-electron chi connectivity index (χ2n) is 6.53. The maximum Gasteiger partial charge on any atom is 0.224 e. The topological polar surface area (TPSA) is 59.1 Å². The number of aromatic nitrogens is 2. The number of benzene rings is 2. The summed E-state index contributed by atoms with van der Waals surface area (Å²) in [5.74, 6) is 2.35. The zero-order valence-electron chi connectivity index (χ0n) is 16.1. The zero-order valence-corrected chi connectivity index (χ0v) is 16.1. The molecule has 0 aliphatic rings. The van der Waals surface area contributed by atoms with Gasteiger partial charge in [-0.15, -0.1) is 0 Å². The molecule has 5 heteroatoms. The molecule has 1 aromatic heterocycles. The molecule has 0 atom stereocenters. The molecule has 0 fully saturated rings. The molecule has 0 saturated carbocycles. The van der Waals surface area contributed by atoms with E-state index in [-0.39, 0.29) is 0 Å². The monoisotopic (exact) mass is 362 g/mol. The molecule has 2 aromatic carbocycles. The molecular formula is C22H26N4O. The Morgan fingerprint density at radius 1 is 0.926 bits per heavy atom. The van der Waals surface area contributed by atoms with Gasteiger partial charge in [0.1, 0.15) is 11.6 Å². The first-order valence-corrected chi connectivity index (χ1v) is 9.15. The van der Waals surface area contributed by atoms with Crippen LogP contribution in [0.15, 0.2) is 54.6 Å². The molecule has 0 spiro atoms. The number of ether oxygens (including phenoxy) is 1. The van der Waals surface area contributed by atoms with Crippen LogP contribution in [0.3, 0.4) is 0 Å². The quantitative estimate of drug-likeness (QED) is 0.623. The van der Waals surface area contributed by atoms with Gasteiger partial charge in [-0.3, -0.25) is 0 Å². The minimum Gasteiger partial charge on any atom is -0.497 e. The van der Waals surface area contributed by atoms with Crippen LogP contribution in [0.25, 0.3) is 0 Å². The van der Waals surface area contributed by atoms with E-state index in [1.165, 1.54) is 16.7 Å². The molecule has 3 aromatic rings. The van der Waals surface area contributed by atoms with Crippen LogP contribution in [-0.4, -0.2) is 23.6 Å². The number of methoxy groups -OCH3 is 1. The first-order chi connectivity index (χ1) is 13.1. The van der Waals surface area contributed by atoms with Crippen LogP contribution >= 0.6 is 0 Å². The first kappa shape index (κ1) is 18.7. The highest BCUT2D eigenvalue weighted by atomic mass is 16.5. The molecule has 0 saturated heterocycles. The second-order valence-corrected chi connectivity index (χ2v) is 6.53. The summed E-state index contributed by atoms with van der Waals surface area (Å²) in [6, 6.07) is 18.4. The molecule has 140 valence electrons. The third-order valence-electron chi connectivity index (χ3n) is 4.41. The van der Waals surface area contributed by atoms with Crippen LogP contribution in [0.1, 0.15) is 22.4 Å². The zero-order chi connectivity index (χ0) is 19.1. The second kappa shape index (κ2) is 9.03. The third kappa shape index (κ3) is 5.45. The lowest BCUT2D eigenvalue weighted by molar-refractivity contribution is 0.414. The number of rotatable bonds is 8. The standard InChI is InChI=1S/C22H26N4O/c1-16-7-4-5-9-19(16)15-24-21-13-17(2)25-22(26-21)23-12-11-18-8-6-10-20(14-18)27-3/h4-10,13-14H,11-12,15H2,1-3H3,(H2,23,24,25,26). The normalized spacial score (nSPS) is 10.5. The third-order valence-corrected chi connectivity index (χ3v) is 4.41. The van der Waals surface area contributed by atoms with Crippen molar-refractivity contribution in [1.82, 2.24) is 9.97 Å². The molecular weight excluding hydrogens is 336 g/mol. The molecule has 1 heterocycles. The Balaban J connectivity index is 1.58. The van der Waals surface area contributed by atoms with Crippen molar-refractivity contribution in [2.24, 2.45) is 0 Å². The van der Waals surface area contributed by atoms with Crippen LogP contribution in [0, 0.1) is 13.8 Å². The van der Waals surface area contributed by atoms with Crippen molar-refractivity contribution in [1.29, 1.82) is 0 Å². The number of anilines is 2. The average molecular weight is 362 g/mol. The van der Waals surface area contributed by atoms with Gasteiger partial charge in [0.2, 0.25) is 5.95 Å². The Labute approximate surface area is 160 Å². The largest absolute Gasteiger partial charge is 0.497 e. The van der Waals surface area contributed by atoms with E-state index < -0.39 is 0 Å². The molecule has 0 aliphatic carbocycles. The van der Waals surface area contributed by atoms with Crippen molar-refractivity contribution in [3.63, 3.8) is 0 Å². The number of nitrogens with one attached hydrogen (secondary N) is 2. The SMILES string of the molecule is COc1cccc(CCNc2nc(C)cc(NCc3ccccc3C)n2)c1. The Morgan fingerprint density at radius 2 is 1.78 bits per heavy atom. The van der Waals surface area contributed by atoms with Crippen LogP contribution in [0.2, 0.25) is 0 Å². The molecule has 0 bridgehead atoms. The predicted molar refractivity (Wildman–Crippen MR) is 110 cm³/mol. The molecule has 5 nitrogen and oxygen atoms in total. The number of hydrogen-bond acceptors (Lipinski definition) is 5. The highest BCUT2D eigenvalue weighted by molar-refractivity contribution is 5.43. The molecule has 0 unspecified atom stereocenters. The van der Waals surface area contributed by atoms with Gasteiger partial charge in [-0.05, 0) is 49.1 Å². The van der Waals surface area contributed by atoms with Crippen LogP contribution in [-0.2, 0) is 13.0 Å². The van der Waals surface area contributed by atoms with Gasteiger partial charge in [0.15, 0.2) is 0 Å². The van der Waals surface area contributed by atoms with Gasteiger partial charge in [0.05, 0.1) is 7.11 Å². The predicted octanol–water partition coefficient (Wildman–Crippen LogP) is 4.37. The van der Waals surface area contributed by atoms with Gasteiger partial charge < -0.3 is 15.4 Å². The number of hydrogen-bond donors (Lipinski definition) is 2. The van der Waals surface area contributed by atoms with Crippen molar-refractivity contribution in [3.05, 3.63) is 77.0 Å². The van der Waals surface area contributed by atoms with Crippen molar-refractivity contribution in [3.8, 4) is 5.75 Å². The molecule has 0 aliphatic heterocycles. The molecule has 2 N–H and O–H groups in total. The van der Waals surface area contributed by atoms with Crippen LogP contribution < -0.4 is 15.4 Å². The summed E-state index contributed by atoms with van der Waals surface area (Å²) in [4.78, 5) is 9.07.